The first-order valence-corrected chi connectivity index (χ1v) is 6.76. The summed E-state index contributed by atoms with van der Waals surface area (Å²) < 4.78 is 5.50. The second-order valence-corrected chi connectivity index (χ2v) is 5.32. The molecule has 1 N–H and O–H groups in total. The number of hydrogen-bond acceptors (Lipinski definition) is 4. The second kappa shape index (κ2) is 7.76. The van der Waals surface area contributed by atoms with Gasteiger partial charge in [-0.3, -0.25) is 0 Å². The van der Waals surface area contributed by atoms with Crippen LogP contribution >= 0.6 is 11.3 Å². The summed E-state index contributed by atoms with van der Waals surface area (Å²) in [5.74, 6) is 0.631. The maximum Gasteiger partial charge on any atom is 0.107 e. The molecule has 4 heteroatoms. The van der Waals surface area contributed by atoms with Crippen LogP contribution in [0.15, 0.2) is 5.38 Å². The van der Waals surface area contributed by atoms with Crippen molar-refractivity contribution in [2.45, 2.75) is 33.7 Å². The predicted molar refractivity (Wildman–Crippen MR) is 68.8 cm³/mol. The molecule has 0 atom stereocenters. The molecule has 1 heterocycles. The average molecular weight is 242 g/mol. The lowest BCUT2D eigenvalue weighted by Gasteiger charge is -2.06. The fourth-order valence-electron chi connectivity index (χ4n) is 1.30. The summed E-state index contributed by atoms with van der Waals surface area (Å²) in [5, 5.41) is 6.62. The van der Waals surface area contributed by atoms with Gasteiger partial charge in [0.25, 0.3) is 0 Å². The molecule has 0 unspecified atom stereocenters. The zero-order chi connectivity index (χ0) is 11.8. The number of aromatic nitrogens is 1. The third-order valence-corrected chi connectivity index (χ3v) is 3.00. The maximum atomic E-state index is 5.50. The summed E-state index contributed by atoms with van der Waals surface area (Å²) in [7, 11) is 0. The van der Waals surface area contributed by atoms with Gasteiger partial charge < -0.3 is 10.1 Å². The van der Waals surface area contributed by atoms with Gasteiger partial charge in [0, 0.05) is 30.8 Å². The van der Waals surface area contributed by atoms with Crippen molar-refractivity contribution in [1.82, 2.24) is 10.3 Å². The second-order valence-electron chi connectivity index (χ2n) is 4.38. The van der Waals surface area contributed by atoms with E-state index in [4.69, 9.17) is 4.74 Å². The Kier molecular flexibility index (Phi) is 6.61. The van der Waals surface area contributed by atoms with Gasteiger partial charge >= 0.3 is 0 Å². The van der Waals surface area contributed by atoms with E-state index in [1.165, 1.54) is 5.01 Å². The first-order valence-electron chi connectivity index (χ1n) is 5.88. The molecule has 0 amide bonds. The van der Waals surface area contributed by atoms with Crippen molar-refractivity contribution in [2.24, 2.45) is 5.92 Å². The van der Waals surface area contributed by atoms with E-state index in [9.17, 15) is 0 Å². The standard InChI is InChI=1S/C12H22N2OS/c1-10(2)8-15-6-4-5-13-7-12-14-11(3)9-16-12/h9-10,13H,4-8H2,1-3H3. The molecule has 0 radical (unpaired) electrons. The maximum absolute atomic E-state index is 5.50. The van der Waals surface area contributed by atoms with Crippen LogP contribution < -0.4 is 5.32 Å². The molecule has 0 saturated carbocycles. The number of thiazole rings is 1. The average Bonchev–Trinajstić information content (AvgIpc) is 2.62. The summed E-state index contributed by atoms with van der Waals surface area (Å²) in [6.07, 6.45) is 1.07. The topological polar surface area (TPSA) is 34.1 Å². The third kappa shape index (κ3) is 6.20. The minimum atomic E-state index is 0.631. The lowest BCUT2D eigenvalue weighted by atomic mass is 10.2. The van der Waals surface area contributed by atoms with Gasteiger partial charge in [0.2, 0.25) is 0 Å². The van der Waals surface area contributed by atoms with Crippen LogP contribution in [0.4, 0.5) is 0 Å². The summed E-state index contributed by atoms with van der Waals surface area (Å²) in [5.41, 5.74) is 1.11. The van der Waals surface area contributed by atoms with E-state index in [-0.39, 0.29) is 0 Å². The zero-order valence-corrected chi connectivity index (χ0v) is 11.3. The minimum Gasteiger partial charge on any atom is -0.381 e. The molecule has 1 aromatic rings. The van der Waals surface area contributed by atoms with Crippen LogP contribution in [-0.4, -0.2) is 24.7 Å². The number of nitrogens with one attached hydrogen (secondary N) is 1. The summed E-state index contributed by atoms with van der Waals surface area (Å²) in [6.45, 7) is 9.96. The molecular weight excluding hydrogens is 220 g/mol. The Hall–Kier alpha value is -0.450. The monoisotopic (exact) mass is 242 g/mol. The fraction of sp³-hybridized carbons (Fsp3) is 0.750. The van der Waals surface area contributed by atoms with Crippen molar-refractivity contribution < 1.29 is 4.74 Å². The molecule has 1 rings (SSSR count). The Bertz CT molecular complexity index is 286. The number of hydrogen-bond donors (Lipinski definition) is 1. The van der Waals surface area contributed by atoms with Crippen molar-refractivity contribution in [3.63, 3.8) is 0 Å². The van der Waals surface area contributed by atoms with Gasteiger partial charge in [-0.2, -0.15) is 0 Å². The number of aryl methyl sites for hydroxylation is 1. The van der Waals surface area contributed by atoms with Gasteiger partial charge in [-0.05, 0) is 25.8 Å². The Balaban J connectivity index is 1.92. The molecule has 0 aliphatic rings. The number of nitrogens with zero attached hydrogens (tertiary/aromatic N) is 1. The van der Waals surface area contributed by atoms with E-state index in [0.29, 0.717) is 5.92 Å². The highest BCUT2D eigenvalue weighted by Gasteiger charge is 1.97. The molecule has 0 bridgehead atoms. The van der Waals surface area contributed by atoms with E-state index in [2.05, 4.69) is 29.5 Å². The highest BCUT2D eigenvalue weighted by atomic mass is 32.1. The lowest BCUT2D eigenvalue weighted by molar-refractivity contribution is 0.108. The van der Waals surface area contributed by atoms with Crippen molar-refractivity contribution >= 4 is 11.3 Å². The van der Waals surface area contributed by atoms with Crippen LogP contribution in [0.1, 0.15) is 31.0 Å². The summed E-state index contributed by atoms with van der Waals surface area (Å²) in [6, 6.07) is 0. The van der Waals surface area contributed by atoms with Crippen LogP contribution in [0.2, 0.25) is 0 Å². The van der Waals surface area contributed by atoms with Gasteiger partial charge in [0.15, 0.2) is 0 Å². The Morgan fingerprint density at radius 3 is 2.94 bits per heavy atom. The molecule has 0 fully saturated rings. The smallest absolute Gasteiger partial charge is 0.107 e. The largest absolute Gasteiger partial charge is 0.381 e. The Morgan fingerprint density at radius 2 is 2.31 bits per heavy atom. The Morgan fingerprint density at radius 1 is 1.50 bits per heavy atom. The molecule has 16 heavy (non-hydrogen) atoms. The molecule has 92 valence electrons. The van der Waals surface area contributed by atoms with Crippen LogP contribution in [-0.2, 0) is 11.3 Å². The van der Waals surface area contributed by atoms with Crippen molar-refractivity contribution in [2.75, 3.05) is 19.8 Å². The third-order valence-electron chi connectivity index (χ3n) is 2.04. The van der Waals surface area contributed by atoms with Crippen molar-refractivity contribution in [1.29, 1.82) is 0 Å². The summed E-state index contributed by atoms with van der Waals surface area (Å²) in [4.78, 5) is 4.39. The van der Waals surface area contributed by atoms with Gasteiger partial charge in [0.05, 0.1) is 0 Å². The highest BCUT2D eigenvalue weighted by molar-refractivity contribution is 7.09. The Labute approximate surface area is 102 Å². The minimum absolute atomic E-state index is 0.631. The molecule has 1 aromatic heterocycles. The van der Waals surface area contributed by atoms with E-state index in [1.54, 1.807) is 11.3 Å². The van der Waals surface area contributed by atoms with Crippen LogP contribution in [0.3, 0.4) is 0 Å². The normalized spacial score (nSPS) is 11.2. The molecule has 0 spiro atoms. The first kappa shape index (κ1) is 13.6. The molecule has 0 aliphatic carbocycles. The number of ether oxygens (including phenoxy) is 1. The molecule has 0 saturated heterocycles. The predicted octanol–water partition coefficient (Wildman–Crippen LogP) is 2.60. The fourth-order valence-corrected chi connectivity index (χ4v) is 2.04. The molecular formula is C12H22N2OS. The van der Waals surface area contributed by atoms with E-state index in [0.717, 1.165) is 38.4 Å². The van der Waals surface area contributed by atoms with Gasteiger partial charge in [0.1, 0.15) is 5.01 Å². The van der Waals surface area contributed by atoms with Gasteiger partial charge in [-0.25, -0.2) is 4.98 Å². The van der Waals surface area contributed by atoms with Gasteiger partial charge in [-0.15, -0.1) is 11.3 Å². The number of rotatable bonds is 8. The van der Waals surface area contributed by atoms with Crippen molar-refractivity contribution in [3.05, 3.63) is 16.1 Å². The zero-order valence-electron chi connectivity index (χ0n) is 10.5. The van der Waals surface area contributed by atoms with E-state index < -0.39 is 0 Å². The summed E-state index contributed by atoms with van der Waals surface area (Å²) >= 11 is 1.72. The lowest BCUT2D eigenvalue weighted by Crippen LogP contribution is -2.16. The highest BCUT2D eigenvalue weighted by Crippen LogP contribution is 2.07. The SMILES string of the molecule is Cc1csc(CNCCCOCC(C)C)n1. The molecule has 0 aliphatic heterocycles. The molecule has 3 nitrogen and oxygen atoms in total. The van der Waals surface area contributed by atoms with Crippen LogP contribution in [0.25, 0.3) is 0 Å². The van der Waals surface area contributed by atoms with Gasteiger partial charge in [-0.1, -0.05) is 13.8 Å². The van der Waals surface area contributed by atoms with Crippen LogP contribution in [0, 0.1) is 12.8 Å². The van der Waals surface area contributed by atoms with Crippen molar-refractivity contribution in [3.8, 4) is 0 Å². The first-order chi connectivity index (χ1) is 7.68. The quantitative estimate of drug-likeness (QED) is 0.712. The van der Waals surface area contributed by atoms with E-state index >= 15 is 0 Å². The van der Waals surface area contributed by atoms with E-state index in [1.807, 2.05) is 6.92 Å². The van der Waals surface area contributed by atoms with Crippen LogP contribution in [0.5, 0.6) is 0 Å². The molecule has 0 aromatic carbocycles.